The summed E-state index contributed by atoms with van der Waals surface area (Å²) in [7, 11) is 0. The molecule has 0 unspecified atom stereocenters. The van der Waals surface area contributed by atoms with Gasteiger partial charge < -0.3 is 24.7 Å². The van der Waals surface area contributed by atoms with Crippen molar-refractivity contribution in [2.24, 2.45) is 0 Å². The zero-order valence-corrected chi connectivity index (χ0v) is 22.6. The molecule has 3 aromatic heterocycles. The van der Waals surface area contributed by atoms with Crippen LogP contribution in [0.25, 0.3) is 11.0 Å². The van der Waals surface area contributed by atoms with E-state index in [-0.39, 0.29) is 0 Å². The Morgan fingerprint density at radius 3 is 2.56 bits per heavy atom. The molecule has 3 fully saturated rings. The molecule has 208 valence electrons. The third kappa shape index (κ3) is 6.19. The van der Waals surface area contributed by atoms with Crippen LogP contribution < -0.4 is 10.6 Å². The quantitative estimate of drug-likeness (QED) is 0.392. The van der Waals surface area contributed by atoms with Gasteiger partial charge in [-0.2, -0.15) is 15.3 Å². The predicted octanol–water partition coefficient (Wildman–Crippen LogP) is 4.08. The van der Waals surface area contributed by atoms with Crippen LogP contribution in [0.5, 0.6) is 0 Å². The summed E-state index contributed by atoms with van der Waals surface area (Å²) in [6.45, 7) is 6.12. The standard InChI is InChI=1S/C28H39N9O2/c29-10-1-2-11-36-12-7-25-26(36)27(31-21-3-5-23(6-4-21)35-13-17-39-18-14-35)34-28(33-25)32-22-19-30-37(20-22)24-8-15-38-16-9-24/h7,12,19-21,23-24H,1-6,8-9,11,13-18H2,(H2,31,32,33,34)/t21-,23-. The van der Waals surface area contributed by atoms with E-state index in [1.807, 2.05) is 23.1 Å². The molecule has 6 rings (SSSR count). The number of anilines is 3. The highest BCUT2D eigenvalue weighted by Crippen LogP contribution is 2.30. The Bertz CT molecular complexity index is 1260. The van der Waals surface area contributed by atoms with Crippen LogP contribution in [-0.4, -0.2) is 80.8 Å². The zero-order chi connectivity index (χ0) is 26.4. The topological polar surface area (TPSA) is 118 Å². The third-order valence-corrected chi connectivity index (χ3v) is 8.32. The molecule has 0 radical (unpaired) electrons. The molecule has 11 heteroatoms. The van der Waals surface area contributed by atoms with E-state index in [2.05, 4.69) is 37.5 Å². The maximum atomic E-state index is 9.03. The van der Waals surface area contributed by atoms with Crippen LogP contribution in [0.2, 0.25) is 0 Å². The Hall–Kier alpha value is -3.20. The number of aromatic nitrogens is 5. The van der Waals surface area contributed by atoms with Gasteiger partial charge in [0.05, 0.1) is 42.7 Å². The molecular formula is C28H39N9O2. The number of nitrogens with zero attached hydrogens (tertiary/aromatic N) is 7. The average Bonchev–Trinajstić information content (AvgIpc) is 3.62. The van der Waals surface area contributed by atoms with Gasteiger partial charge in [-0.25, -0.2) is 4.98 Å². The first-order valence-corrected chi connectivity index (χ1v) is 14.5. The van der Waals surface area contributed by atoms with E-state index in [0.717, 1.165) is 101 Å². The molecule has 2 saturated heterocycles. The minimum atomic E-state index is 0.366. The van der Waals surface area contributed by atoms with Crippen molar-refractivity contribution >= 4 is 28.5 Å². The van der Waals surface area contributed by atoms with E-state index in [1.165, 1.54) is 12.8 Å². The van der Waals surface area contributed by atoms with Crippen LogP contribution in [0.4, 0.5) is 17.5 Å². The highest BCUT2D eigenvalue weighted by atomic mass is 16.5. The molecule has 39 heavy (non-hydrogen) atoms. The van der Waals surface area contributed by atoms with E-state index in [9.17, 15) is 0 Å². The normalized spacial score (nSPS) is 23.1. The van der Waals surface area contributed by atoms with Gasteiger partial charge in [0.1, 0.15) is 5.52 Å². The second-order valence-electron chi connectivity index (χ2n) is 10.9. The van der Waals surface area contributed by atoms with Crippen LogP contribution in [-0.2, 0) is 16.0 Å². The van der Waals surface area contributed by atoms with Gasteiger partial charge in [-0.15, -0.1) is 0 Å². The molecule has 0 spiro atoms. The monoisotopic (exact) mass is 533 g/mol. The number of nitriles is 1. The van der Waals surface area contributed by atoms with Crippen LogP contribution >= 0.6 is 0 Å². The van der Waals surface area contributed by atoms with E-state index in [1.54, 1.807) is 0 Å². The lowest BCUT2D eigenvalue weighted by Gasteiger charge is -2.39. The molecule has 3 aliphatic rings. The predicted molar refractivity (Wildman–Crippen MR) is 149 cm³/mol. The molecule has 0 amide bonds. The number of fused-ring (bicyclic) bond motifs is 1. The summed E-state index contributed by atoms with van der Waals surface area (Å²) < 4.78 is 15.3. The fourth-order valence-electron chi connectivity index (χ4n) is 6.18. The molecule has 5 heterocycles. The first-order valence-electron chi connectivity index (χ1n) is 14.5. The lowest BCUT2D eigenvalue weighted by Crippen LogP contribution is -2.46. The van der Waals surface area contributed by atoms with Crippen molar-refractivity contribution in [3.63, 3.8) is 0 Å². The summed E-state index contributed by atoms with van der Waals surface area (Å²) in [5, 5.41) is 20.8. The van der Waals surface area contributed by atoms with Crippen molar-refractivity contribution in [3.05, 3.63) is 24.7 Å². The average molecular weight is 534 g/mol. The number of morpholine rings is 1. The summed E-state index contributed by atoms with van der Waals surface area (Å²) >= 11 is 0. The molecule has 0 bridgehead atoms. The van der Waals surface area contributed by atoms with Gasteiger partial charge in [-0.3, -0.25) is 9.58 Å². The number of nitrogens with one attached hydrogen (secondary N) is 2. The summed E-state index contributed by atoms with van der Waals surface area (Å²) in [6.07, 6.45) is 13.8. The second-order valence-corrected chi connectivity index (χ2v) is 10.9. The lowest BCUT2D eigenvalue weighted by molar-refractivity contribution is 0.00791. The Balaban J connectivity index is 1.19. The van der Waals surface area contributed by atoms with Crippen molar-refractivity contribution in [2.75, 3.05) is 50.2 Å². The van der Waals surface area contributed by atoms with Gasteiger partial charge in [0, 0.05) is 63.7 Å². The second kappa shape index (κ2) is 12.3. The highest BCUT2D eigenvalue weighted by Gasteiger charge is 2.28. The summed E-state index contributed by atoms with van der Waals surface area (Å²) in [5.41, 5.74) is 2.78. The third-order valence-electron chi connectivity index (χ3n) is 8.32. The number of hydrogen-bond donors (Lipinski definition) is 2. The number of unbranched alkanes of at least 4 members (excludes halogenated alkanes) is 1. The molecule has 1 aliphatic carbocycles. The lowest BCUT2D eigenvalue weighted by atomic mass is 9.90. The first kappa shape index (κ1) is 26.0. The molecule has 0 aromatic carbocycles. The number of rotatable bonds is 9. The Kier molecular flexibility index (Phi) is 8.23. The molecule has 2 aliphatic heterocycles. The van der Waals surface area contributed by atoms with Crippen molar-refractivity contribution in [1.29, 1.82) is 5.26 Å². The number of aryl methyl sites for hydroxylation is 1. The minimum Gasteiger partial charge on any atom is -0.381 e. The SMILES string of the molecule is N#CCCCn1ccc2nc(Nc3cnn(C4CCOCC4)c3)nc(N[C@H]3CC[C@H](N4CCOCC4)CC3)c21. The highest BCUT2D eigenvalue weighted by molar-refractivity contribution is 5.88. The molecule has 1 saturated carbocycles. The fraction of sp³-hybridized carbons (Fsp3) is 0.643. The van der Waals surface area contributed by atoms with Gasteiger partial charge in [0.25, 0.3) is 0 Å². The Morgan fingerprint density at radius 1 is 0.974 bits per heavy atom. The van der Waals surface area contributed by atoms with Gasteiger partial charge in [-0.05, 0) is 51.0 Å². The van der Waals surface area contributed by atoms with Crippen molar-refractivity contribution in [2.45, 2.75) is 76.0 Å². The number of ether oxygens (including phenoxy) is 2. The molecule has 2 N–H and O–H groups in total. The van der Waals surface area contributed by atoms with Gasteiger partial charge in [0.15, 0.2) is 5.82 Å². The first-order chi connectivity index (χ1) is 19.3. The van der Waals surface area contributed by atoms with Crippen LogP contribution in [0.3, 0.4) is 0 Å². The molecule has 3 aromatic rings. The largest absolute Gasteiger partial charge is 0.381 e. The van der Waals surface area contributed by atoms with Crippen LogP contribution in [0.1, 0.15) is 57.4 Å². The fourth-order valence-corrected chi connectivity index (χ4v) is 6.18. The molecular weight excluding hydrogens is 494 g/mol. The van der Waals surface area contributed by atoms with Gasteiger partial charge >= 0.3 is 0 Å². The Morgan fingerprint density at radius 2 is 1.77 bits per heavy atom. The van der Waals surface area contributed by atoms with E-state index < -0.39 is 0 Å². The van der Waals surface area contributed by atoms with E-state index in [0.29, 0.717) is 30.5 Å². The summed E-state index contributed by atoms with van der Waals surface area (Å²) in [4.78, 5) is 12.4. The van der Waals surface area contributed by atoms with E-state index >= 15 is 0 Å². The Labute approximate surface area is 229 Å². The summed E-state index contributed by atoms with van der Waals surface area (Å²) in [5.74, 6) is 1.42. The molecule has 11 nitrogen and oxygen atoms in total. The smallest absolute Gasteiger partial charge is 0.229 e. The van der Waals surface area contributed by atoms with Gasteiger partial charge in [-0.1, -0.05) is 0 Å². The van der Waals surface area contributed by atoms with Crippen LogP contribution in [0.15, 0.2) is 24.7 Å². The maximum Gasteiger partial charge on any atom is 0.229 e. The maximum absolute atomic E-state index is 9.03. The minimum absolute atomic E-state index is 0.366. The van der Waals surface area contributed by atoms with Crippen molar-refractivity contribution < 1.29 is 9.47 Å². The summed E-state index contributed by atoms with van der Waals surface area (Å²) in [6, 6.07) is 5.68. The number of hydrogen-bond acceptors (Lipinski definition) is 9. The van der Waals surface area contributed by atoms with E-state index in [4.69, 9.17) is 24.7 Å². The van der Waals surface area contributed by atoms with Crippen LogP contribution in [0, 0.1) is 11.3 Å². The van der Waals surface area contributed by atoms with Crippen molar-refractivity contribution in [3.8, 4) is 6.07 Å². The molecule has 0 atom stereocenters. The zero-order valence-electron chi connectivity index (χ0n) is 22.6. The van der Waals surface area contributed by atoms with Gasteiger partial charge in [0.2, 0.25) is 5.95 Å². The van der Waals surface area contributed by atoms with Crippen molar-refractivity contribution in [1.82, 2.24) is 29.2 Å².